The minimum absolute atomic E-state index is 0.224. The van der Waals surface area contributed by atoms with Gasteiger partial charge in [-0.1, -0.05) is 23.9 Å². The molecule has 3 amide bonds. The van der Waals surface area contributed by atoms with E-state index in [2.05, 4.69) is 10.3 Å². The molecule has 3 rings (SSSR count). The smallest absolute Gasteiger partial charge is 0.248 e. The molecule has 0 bridgehead atoms. The van der Waals surface area contributed by atoms with Crippen LogP contribution in [0.5, 0.6) is 0 Å². The summed E-state index contributed by atoms with van der Waals surface area (Å²) in [5.74, 6) is -0.541. The van der Waals surface area contributed by atoms with E-state index in [9.17, 15) is 14.4 Å². The van der Waals surface area contributed by atoms with Gasteiger partial charge >= 0.3 is 0 Å². The lowest BCUT2D eigenvalue weighted by Crippen LogP contribution is -2.49. The lowest BCUT2D eigenvalue weighted by molar-refractivity contribution is -0.146. The van der Waals surface area contributed by atoms with Crippen LogP contribution in [0.25, 0.3) is 0 Å². The normalized spacial score (nSPS) is 29.4. The Hall–Kier alpha value is -1.63. The minimum Gasteiger partial charge on any atom is -0.304 e. The maximum absolute atomic E-state index is 12.4. The highest BCUT2D eigenvalue weighted by Crippen LogP contribution is 2.36. The van der Waals surface area contributed by atoms with Crippen LogP contribution >= 0.6 is 11.8 Å². The largest absolute Gasteiger partial charge is 0.304 e. The molecule has 0 unspecified atom stereocenters. The Morgan fingerprint density at radius 2 is 1.95 bits per heavy atom. The van der Waals surface area contributed by atoms with Crippen molar-refractivity contribution >= 4 is 34.7 Å². The van der Waals surface area contributed by atoms with E-state index in [1.165, 1.54) is 11.8 Å². The van der Waals surface area contributed by atoms with Crippen molar-refractivity contribution in [1.82, 2.24) is 10.2 Å². The van der Waals surface area contributed by atoms with E-state index in [1.54, 1.807) is 6.92 Å². The van der Waals surface area contributed by atoms with Gasteiger partial charge in [-0.2, -0.15) is 0 Å². The molecule has 0 spiro atoms. The van der Waals surface area contributed by atoms with Gasteiger partial charge in [0.2, 0.25) is 17.7 Å². The number of fused-ring (bicyclic) bond motifs is 1. The van der Waals surface area contributed by atoms with Crippen LogP contribution in [0.15, 0.2) is 17.1 Å². The summed E-state index contributed by atoms with van der Waals surface area (Å²) >= 11 is 1.47. The van der Waals surface area contributed by atoms with E-state index in [0.29, 0.717) is 24.6 Å². The van der Waals surface area contributed by atoms with Crippen molar-refractivity contribution in [2.24, 2.45) is 16.8 Å². The van der Waals surface area contributed by atoms with Crippen molar-refractivity contribution in [2.75, 3.05) is 12.3 Å². The second kappa shape index (κ2) is 5.63. The van der Waals surface area contributed by atoms with Gasteiger partial charge in [-0.15, -0.1) is 0 Å². The van der Waals surface area contributed by atoms with E-state index in [-0.39, 0.29) is 29.6 Å². The zero-order valence-corrected chi connectivity index (χ0v) is 12.6. The Kier molecular flexibility index (Phi) is 3.84. The Balaban J connectivity index is 1.72. The number of imide groups is 1. The molecule has 3 aliphatic rings. The molecular weight excluding hydrogens is 290 g/mol. The molecule has 0 aromatic heterocycles. The number of hydrogen-bond donors (Lipinski definition) is 1. The van der Waals surface area contributed by atoms with E-state index in [1.807, 2.05) is 12.2 Å². The summed E-state index contributed by atoms with van der Waals surface area (Å²) in [6.45, 7) is 2.28. The second-order valence-corrected chi connectivity index (χ2v) is 6.49. The molecule has 3 atom stereocenters. The number of carbonyl (C=O) groups excluding carboxylic acids is 3. The second-order valence-electron chi connectivity index (χ2n) is 5.40. The molecule has 1 aliphatic carbocycles. The molecule has 21 heavy (non-hydrogen) atoms. The zero-order chi connectivity index (χ0) is 15.0. The highest BCUT2D eigenvalue weighted by molar-refractivity contribution is 8.14. The van der Waals surface area contributed by atoms with Crippen LogP contribution in [-0.4, -0.2) is 46.1 Å². The summed E-state index contributed by atoms with van der Waals surface area (Å²) in [5.41, 5.74) is 0. The molecule has 1 saturated heterocycles. The highest BCUT2D eigenvalue weighted by Gasteiger charge is 2.50. The fourth-order valence-corrected chi connectivity index (χ4v) is 3.68. The van der Waals surface area contributed by atoms with Gasteiger partial charge in [0.25, 0.3) is 0 Å². The quantitative estimate of drug-likeness (QED) is 0.597. The topological polar surface area (TPSA) is 78.8 Å². The van der Waals surface area contributed by atoms with Gasteiger partial charge in [-0.25, -0.2) is 0 Å². The predicted molar refractivity (Wildman–Crippen MR) is 79.6 cm³/mol. The van der Waals surface area contributed by atoms with Crippen molar-refractivity contribution in [3.05, 3.63) is 12.2 Å². The third kappa shape index (κ3) is 2.50. The van der Waals surface area contributed by atoms with E-state index >= 15 is 0 Å². The highest BCUT2D eigenvalue weighted by atomic mass is 32.2. The summed E-state index contributed by atoms with van der Waals surface area (Å²) in [5, 5.41) is 3.26. The fraction of sp³-hybridized carbons (Fsp3) is 0.571. The van der Waals surface area contributed by atoms with Crippen LogP contribution in [0.2, 0.25) is 0 Å². The average molecular weight is 307 g/mol. The number of thioether (sulfide) groups is 1. The number of amidine groups is 1. The lowest BCUT2D eigenvalue weighted by atomic mass is 9.85. The third-order valence-electron chi connectivity index (χ3n) is 4.12. The molecule has 1 N–H and O–H groups in total. The number of nitrogens with one attached hydrogen (secondary N) is 1. The number of aliphatic imine (C=N–C) groups is 1. The molecule has 1 fully saturated rings. The van der Waals surface area contributed by atoms with Crippen LogP contribution in [0.3, 0.4) is 0 Å². The number of nitrogens with zero attached hydrogens (tertiary/aromatic N) is 2. The SMILES string of the molecule is C[C@H](C(=O)NC1=NCCS1)N1C(=O)[C@@H]2CC=CC[C@H]2C1=O. The monoisotopic (exact) mass is 307 g/mol. The first-order valence-corrected chi connectivity index (χ1v) is 8.08. The maximum Gasteiger partial charge on any atom is 0.248 e. The van der Waals surface area contributed by atoms with E-state index < -0.39 is 6.04 Å². The molecular formula is C14H17N3O3S. The molecule has 0 aromatic rings. The van der Waals surface area contributed by atoms with Crippen LogP contribution < -0.4 is 5.32 Å². The Bertz CT molecular complexity index is 532. The summed E-state index contributed by atoms with van der Waals surface area (Å²) in [7, 11) is 0. The van der Waals surface area contributed by atoms with E-state index in [4.69, 9.17) is 0 Å². The van der Waals surface area contributed by atoms with Crippen LogP contribution in [0.1, 0.15) is 19.8 Å². The van der Waals surface area contributed by atoms with Gasteiger partial charge in [0, 0.05) is 5.75 Å². The van der Waals surface area contributed by atoms with Crippen molar-refractivity contribution in [2.45, 2.75) is 25.8 Å². The molecule has 2 aliphatic heterocycles. The molecule has 112 valence electrons. The van der Waals surface area contributed by atoms with Crippen LogP contribution in [0.4, 0.5) is 0 Å². The summed E-state index contributed by atoms with van der Waals surface area (Å²) in [6.07, 6.45) is 5.04. The number of amides is 3. The van der Waals surface area contributed by atoms with Gasteiger partial charge in [-0.05, 0) is 19.8 Å². The van der Waals surface area contributed by atoms with Gasteiger partial charge in [-0.3, -0.25) is 24.3 Å². The first kappa shape index (κ1) is 14.3. The zero-order valence-electron chi connectivity index (χ0n) is 11.7. The lowest BCUT2D eigenvalue weighted by Gasteiger charge is -2.22. The number of rotatable bonds is 2. The molecule has 0 saturated carbocycles. The standard InChI is InChI=1S/C14H17N3O3S/c1-8(11(18)16-14-15-6-7-21-14)17-12(19)9-4-2-3-5-10(9)13(17)20/h2-3,8-10H,4-7H2,1H3,(H,15,16,18)/t8-,9-,10-/m1/s1. The predicted octanol–water partition coefficient (Wildman–Crippen LogP) is 0.545. The van der Waals surface area contributed by atoms with Crippen molar-refractivity contribution in [1.29, 1.82) is 0 Å². The molecule has 2 heterocycles. The number of likely N-dealkylation sites (tertiary alicyclic amines) is 1. The molecule has 6 nitrogen and oxygen atoms in total. The van der Waals surface area contributed by atoms with Crippen LogP contribution in [0, 0.1) is 11.8 Å². The number of allylic oxidation sites excluding steroid dienone is 2. The molecule has 0 radical (unpaired) electrons. The summed E-state index contributed by atoms with van der Waals surface area (Å²) < 4.78 is 0. The van der Waals surface area contributed by atoms with Crippen LogP contribution in [-0.2, 0) is 14.4 Å². The summed E-state index contributed by atoms with van der Waals surface area (Å²) in [6, 6.07) is -0.792. The first-order chi connectivity index (χ1) is 10.1. The number of carbonyl (C=O) groups is 3. The third-order valence-corrected chi connectivity index (χ3v) is 5.02. The van der Waals surface area contributed by atoms with Crippen molar-refractivity contribution in [3.8, 4) is 0 Å². The Labute approximate surface area is 127 Å². The molecule has 0 aromatic carbocycles. The van der Waals surface area contributed by atoms with Crippen molar-refractivity contribution < 1.29 is 14.4 Å². The fourth-order valence-electron chi connectivity index (χ4n) is 2.95. The summed E-state index contributed by atoms with van der Waals surface area (Å²) in [4.78, 5) is 42.3. The Morgan fingerprint density at radius 3 is 2.48 bits per heavy atom. The Morgan fingerprint density at radius 1 is 1.33 bits per heavy atom. The number of hydrogen-bond acceptors (Lipinski definition) is 5. The van der Waals surface area contributed by atoms with Gasteiger partial charge < -0.3 is 5.32 Å². The maximum atomic E-state index is 12.4. The van der Waals surface area contributed by atoms with Crippen molar-refractivity contribution in [3.63, 3.8) is 0 Å². The van der Waals surface area contributed by atoms with Gasteiger partial charge in [0.1, 0.15) is 6.04 Å². The average Bonchev–Trinajstić information content (AvgIpc) is 3.07. The first-order valence-electron chi connectivity index (χ1n) is 7.09. The minimum atomic E-state index is -0.792. The molecule has 7 heteroatoms. The van der Waals surface area contributed by atoms with Gasteiger partial charge in [0.15, 0.2) is 5.17 Å². The van der Waals surface area contributed by atoms with Gasteiger partial charge in [0.05, 0.1) is 18.4 Å². The van der Waals surface area contributed by atoms with E-state index in [0.717, 1.165) is 10.7 Å².